The van der Waals surface area contributed by atoms with Gasteiger partial charge in [-0.15, -0.1) is 0 Å². The first kappa shape index (κ1) is 17.7. The monoisotopic (exact) mass is 345 g/mol. The second kappa shape index (κ2) is 8.34. The maximum atomic E-state index is 12.7. The van der Waals surface area contributed by atoms with Crippen LogP contribution in [0.3, 0.4) is 0 Å². The smallest absolute Gasteiger partial charge is 0.251 e. The Kier molecular flexibility index (Phi) is 5.91. The lowest BCUT2D eigenvalue weighted by molar-refractivity contribution is -0.145. The number of nitrogens with zero attached hydrogens (tertiary/aromatic N) is 3. The Balaban J connectivity index is 1.57. The number of anilines is 1. The van der Waals surface area contributed by atoms with E-state index in [0.717, 1.165) is 32.4 Å². The zero-order valence-electron chi connectivity index (χ0n) is 14.6. The summed E-state index contributed by atoms with van der Waals surface area (Å²) < 4.78 is 0. The molecule has 1 N–H and O–H groups in total. The Morgan fingerprint density at radius 1 is 1.00 bits per heavy atom. The van der Waals surface area contributed by atoms with Gasteiger partial charge < -0.3 is 19.8 Å². The molecule has 0 spiro atoms. The molecule has 3 rings (SSSR count). The van der Waals surface area contributed by atoms with Crippen LogP contribution in [-0.2, 0) is 9.59 Å². The molecule has 0 aliphatic carbocycles. The average molecular weight is 345 g/mol. The zero-order chi connectivity index (χ0) is 17.6. The van der Waals surface area contributed by atoms with Crippen LogP contribution in [0.1, 0.15) is 25.7 Å². The highest BCUT2D eigenvalue weighted by Crippen LogP contribution is 2.16. The molecule has 2 amide bonds. The standard InChI is InChI=1S/C19H27N3O3/c23-17-9-4-5-10-22(19(17)25)15-18(24)21-12-6-11-20(13-14-21)16-7-2-1-3-8-16/h1-3,7-8,17,23H,4-6,9-15H2. The summed E-state index contributed by atoms with van der Waals surface area (Å²) in [6.07, 6.45) is 2.13. The quantitative estimate of drug-likeness (QED) is 0.891. The van der Waals surface area contributed by atoms with Crippen molar-refractivity contribution in [3.05, 3.63) is 30.3 Å². The van der Waals surface area contributed by atoms with E-state index in [0.29, 0.717) is 26.1 Å². The van der Waals surface area contributed by atoms with Crippen LogP contribution >= 0.6 is 0 Å². The summed E-state index contributed by atoms with van der Waals surface area (Å²) in [5.41, 5.74) is 1.18. The number of aliphatic hydroxyl groups is 1. The number of rotatable bonds is 3. The average Bonchev–Trinajstić information content (AvgIpc) is 2.97. The molecule has 2 aliphatic rings. The van der Waals surface area contributed by atoms with Crippen molar-refractivity contribution in [2.45, 2.75) is 31.8 Å². The lowest BCUT2D eigenvalue weighted by Crippen LogP contribution is -2.46. The SMILES string of the molecule is O=C(CN1CCCCC(O)C1=O)N1CCCN(c2ccccc2)CC1. The van der Waals surface area contributed by atoms with Crippen LogP contribution in [0.4, 0.5) is 5.69 Å². The summed E-state index contributed by atoms with van der Waals surface area (Å²) in [5.74, 6) is -0.316. The third-order valence-electron chi connectivity index (χ3n) is 5.05. The largest absolute Gasteiger partial charge is 0.383 e. The van der Waals surface area contributed by atoms with Crippen LogP contribution in [0.15, 0.2) is 30.3 Å². The lowest BCUT2D eigenvalue weighted by Gasteiger charge is -2.27. The highest BCUT2D eigenvalue weighted by Gasteiger charge is 2.28. The van der Waals surface area contributed by atoms with Gasteiger partial charge in [-0.3, -0.25) is 9.59 Å². The van der Waals surface area contributed by atoms with Crippen LogP contribution < -0.4 is 4.90 Å². The highest BCUT2D eigenvalue weighted by molar-refractivity contribution is 5.87. The van der Waals surface area contributed by atoms with E-state index < -0.39 is 6.10 Å². The Morgan fingerprint density at radius 3 is 2.60 bits per heavy atom. The van der Waals surface area contributed by atoms with Gasteiger partial charge in [-0.05, 0) is 37.8 Å². The fourth-order valence-corrected chi connectivity index (χ4v) is 3.57. The Bertz CT molecular complexity index is 593. The topological polar surface area (TPSA) is 64.1 Å². The van der Waals surface area contributed by atoms with E-state index in [9.17, 15) is 14.7 Å². The normalized spacial score (nSPS) is 22.5. The van der Waals surface area contributed by atoms with Crippen molar-refractivity contribution in [1.82, 2.24) is 9.80 Å². The lowest BCUT2D eigenvalue weighted by atomic mass is 10.2. The van der Waals surface area contributed by atoms with Crippen molar-refractivity contribution in [3.8, 4) is 0 Å². The molecule has 2 saturated heterocycles. The summed E-state index contributed by atoms with van der Waals surface area (Å²) >= 11 is 0. The molecule has 2 heterocycles. The number of carbonyl (C=O) groups excluding carboxylic acids is 2. The number of aliphatic hydroxyl groups excluding tert-OH is 1. The first-order valence-corrected chi connectivity index (χ1v) is 9.20. The van der Waals surface area contributed by atoms with Gasteiger partial charge in [0.15, 0.2) is 0 Å². The molecule has 6 heteroatoms. The van der Waals surface area contributed by atoms with Gasteiger partial charge in [-0.25, -0.2) is 0 Å². The molecule has 1 aromatic rings. The number of hydrogen-bond donors (Lipinski definition) is 1. The molecule has 0 radical (unpaired) electrons. The molecule has 136 valence electrons. The highest BCUT2D eigenvalue weighted by atomic mass is 16.3. The molecule has 1 atom stereocenters. The summed E-state index contributed by atoms with van der Waals surface area (Å²) in [7, 11) is 0. The van der Waals surface area contributed by atoms with Gasteiger partial charge >= 0.3 is 0 Å². The van der Waals surface area contributed by atoms with Crippen molar-refractivity contribution in [1.29, 1.82) is 0 Å². The maximum absolute atomic E-state index is 12.7. The molecule has 1 aromatic carbocycles. The fourth-order valence-electron chi connectivity index (χ4n) is 3.57. The number of para-hydroxylation sites is 1. The number of amides is 2. The number of hydrogen-bond acceptors (Lipinski definition) is 4. The van der Waals surface area contributed by atoms with E-state index in [1.165, 1.54) is 10.6 Å². The Hall–Kier alpha value is -2.08. The van der Waals surface area contributed by atoms with Gasteiger partial charge in [-0.1, -0.05) is 18.2 Å². The molecule has 0 aromatic heterocycles. The van der Waals surface area contributed by atoms with Gasteiger partial charge in [-0.2, -0.15) is 0 Å². The van der Waals surface area contributed by atoms with E-state index in [1.807, 2.05) is 23.1 Å². The Labute approximate surface area is 149 Å². The number of likely N-dealkylation sites (tertiary alicyclic amines) is 1. The van der Waals surface area contributed by atoms with Crippen LogP contribution in [0.2, 0.25) is 0 Å². The van der Waals surface area contributed by atoms with Crippen LogP contribution in [-0.4, -0.2) is 72.1 Å². The summed E-state index contributed by atoms with van der Waals surface area (Å²) in [5, 5.41) is 9.83. The molecule has 0 saturated carbocycles. The number of benzene rings is 1. The first-order valence-electron chi connectivity index (χ1n) is 9.20. The summed E-state index contributed by atoms with van der Waals surface area (Å²) in [6.45, 7) is 3.75. The second-order valence-corrected chi connectivity index (χ2v) is 6.83. The fraction of sp³-hybridized carbons (Fsp3) is 0.579. The van der Waals surface area contributed by atoms with Crippen LogP contribution in [0.25, 0.3) is 0 Å². The van der Waals surface area contributed by atoms with Crippen molar-refractivity contribution in [3.63, 3.8) is 0 Å². The predicted molar refractivity (Wildman–Crippen MR) is 96.3 cm³/mol. The van der Waals surface area contributed by atoms with E-state index in [1.54, 1.807) is 0 Å². The molecule has 0 bridgehead atoms. The van der Waals surface area contributed by atoms with Gasteiger partial charge in [0.1, 0.15) is 6.10 Å². The van der Waals surface area contributed by atoms with Gasteiger partial charge in [0, 0.05) is 38.4 Å². The minimum atomic E-state index is -0.951. The third-order valence-corrected chi connectivity index (χ3v) is 5.05. The Morgan fingerprint density at radius 2 is 1.80 bits per heavy atom. The van der Waals surface area contributed by atoms with Crippen molar-refractivity contribution in [2.75, 3.05) is 44.2 Å². The minimum Gasteiger partial charge on any atom is -0.383 e. The summed E-state index contributed by atoms with van der Waals surface area (Å²) in [6, 6.07) is 10.2. The zero-order valence-corrected chi connectivity index (χ0v) is 14.6. The minimum absolute atomic E-state index is 0.0163. The van der Waals surface area contributed by atoms with Crippen molar-refractivity contribution in [2.24, 2.45) is 0 Å². The van der Waals surface area contributed by atoms with Gasteiger partial charge in [0.25, 0.3) is 5.91 Å². The third kappa shape index (κ3) is 4.51. The molecular formula is C19H27N3O3. The van der Waals surface area contributed by atoms with Crippen molar-refractivity contribution < 1.29 is 14.7 Å². The maximum Gasteiger partial charge on any atom is 0.251 e. The van der Waals surface area contributed by atoms with Crippen molar-refractivity contribution >= 4 is 17.5 Å². The molecular weight excluding hydrogens is 318 g/mol. The van der Waals surface area contributed by atoms with E-state index in [4.69, 9.17) is 0 Å². The summed E-state index contributed by atoms with van der Waals surface area (Å²) in [4.78, 5) is 30.5. The number of carbonyl (C=O) groups is 2. The van der Waals surface area contributed by atoms with Crippen LogP contribution in [0, 0.1) is 0 Å². The first-order chi connectivity index (χ1) is 12.1. The van der Waals surface area contributed by atoms with E-state index in [2.05, 4.69) is 17.0 Å². The molecule has 25 heavy (non-hydrogen) atoms. The van der Waals surface area contributed by atoms with Gasteiger partial charge in [0.2, 0.25) is 5.91 Å². The molecule has 1 unspecified atom stereocenters. The van der Waals surface area contributed by atoms with Gasteiger partial charge in [0.05, 0.1) is 6.54 Å². The predicted octanol–water partition coefficient (Wildman–Crippen LogP) is 1.10. The molecule has 2 aliphatic heterocycles. The van der Waals surface area contributed by atoms with Crippen LogP contribution in [0.5, 0.6) is 0 Å². The molecule has 2 fully saturated rings. The molecule has 6 nitrogen and oxygen atoms in total. The van der Waals surface area contributed by atoms with E-state index >= 15 is 0 Å². The van der Waals surface area contributed by atoms with E-state index in [-0.39, 0.29) is 18.4 Å². The second-order valence-electron chi connectivity index (χ2n) is 6.83.